The Morgan fingerprint density at radius 1 is 0.851 bits per heavy atom. The highest BCUT2D eigenvalue weighted by Crippen LogP contribution is 2.62. The largest absolute Gasteiger partial charge is 0.459 e. The first kappa shape index (κ1) is 46.4. The fourth-order valence-corrected chi connectivity index (χ4v) is 10.9. The van der Waals surface area contributed by atoms with Crippen molar-refractivity contribution in [3.8, 4) is 28.4 Å². The highest BCUT2D eigenvalue weighted by molar-refractivity contribution is 6.03. The second-order valence-corrected chi connectivity index (χ2v) is 19.8. The van der Waals surface area contributed by atoms with E-state index >= 15 is 4.79 Å². The van der Waals surface area contributed by atoms with Crippen molar-refractivity contribution < 1.29 is 34.1 Å². The van der Waals surface area contributed by atoms with E-state index in [9.17, 15) is 10.2 Å². The molecule has 0 spiro atoms. The number of oxime groups is 1. The number of fused-ring (bicyclic) bond motifs is 3. The second kappa shape index (κ2) is 20.2. The molecule has 350 valence electrons. The molecule has 67 heavy (non-hydrogen) atoms. The number of nitrogens with zero attached hydrogens (tertiary/aromatic N) is 2. The molecule has 9 heteroatoms. The zero-order valence-electron chi connectivity index (χ0n) is 39.3. The minimum absolute atomic E-state index is 0.0861. The van der Waals surface area contributed by atoms with Gasteiger partial charge < -0.3 is 34.2 Å². The van der Waals surface area contributed by atoms with Gasteiger partial charge in [-0.15, -0.1) is 6.58 Å². The molecule has 0 aromatic heterocycles. The maximum absolute atomic E-state index is 15.2. The molecule has 0 saturated heterocycles. The van der Waals surface area contributed by atoms with Crippen LogP contribution in [0.15, 0.2) is 145 Å². The van der Waals surface area contributed by atoms with Gasteiger partial charge in [0.2, 0.25) is 11.7 Å². The predicted molar refractivity (Wildman–Crippen MR) is 265 cm³/mol. The summed E-state index contributed by atoms with van der Waals surface area (Å²) in [5, 5.41) is 27.4. The number of hydrogen-bond donors (Lipinski definition) is 2. The van der Waals surface area contributed by atoms with E-state index in [1.165, 1.54) is 0 Å². The lowest BCUT2D eigenvalue weighted by Gasteiger charge is -2.60. The number of amides is 1. The Kier molecular flexibility index (Phi) is 14.0. The summed E-state index contributed by atoms with van der Waals surface area (Å²) in [6, 6.07) is 38.7. The number of allylic oxidation sites excluding steroid dienone is 1. The van der Waals surface area contributed by atoms with Gasteiger partial charge >= 0.3 is 0 Å². The zero-order valence-corrected chi connectivity index (χ0v) is 39.3. The Morgan fingerprint density at radius 2 is 1.55 bits per heavy atom. The summed E-state index contributed by atoms with van der Waals surface area (Å²) in [7, 11) is 0. The number of carbonyl (C=O) groups excluding carboxylic acids is 1. The lowest BCUT2D eigenvalue weighted by molar-refractivity contribution is -0.258. The summed E-state index contributed by atoms with van der Waals surface area (Å²) in [5.74, 6) is 0.359. The van der Waals surface area contributed by atoms with E-state index in [4.69, 9.17) is 24.2 Å². The van der Waals surface area contributed by atoms with Gasteiger partial charge in [0, 0.05) is 43.6 Å². The topological polar surface area (TPSA) is 110 Å². The second-order valence-electron chi connectivity index (χ2n) is 19.8. The normalized spacial score (nSPS) is 23.7. The molecule has 3 aliphatic carbocycles. The monoisotopic (exact) mass is 902 g/mol. The van der Waals surface area contributed by atoms with Gasteiger partial charge in [-0.05, 0) is 134 Å². The molecule has 4 aliphatic rings. The van der Waals surface area contributed by atoms with Crippen LogP contribution in [0.5, 0.6) is 17.2 Å². The van der Waals surface area contributed by atoms with Crippen LogP contribution < -0.4 is 9.47 Å². The van der Waals surface area contributed by atoms with Crippen molar-refractivity contribution in [3.63, 3.8) is 0 Å². The zero-order chi connectivity index (χ0) is 46.5. The Bertz CT molecular complexity index is 2570. The third-order valence-corrected chi connectivity index (χ3v) is 14.1. The summed E-state index contributed by atoms with van der Waals surface area (Å²) < 4.78 is 21.5. The van der Waals surface area contributed by atoms with Gasteiger partial charge in [-0.3, -0.25) is 4.79 Å². The maximum Gasteiger partial charge on any atom is 0.239 e. The number of ether oxygens (including phenoxy) is 3. The molecule has 0 bridgehead atoms. The summed E-state index contributed by atoms with van der Waals surface area (Å²) >= 11 is 0. The van der Waals surface area contributed by atoms with Crippen LogP contribution in [0.25, 0.3) is 21.9 Å². The maximum atomic E-state index is 15.2. The van der Waals surface area contributed by atoms with E-state index in [1.807, 2.05) is 69.3 Å². The van der Waals surface area contributed by atoms with Gasteiger partial charge in [-0.25, -0.2) is 0 Å². The van der Waals surface area contributed by atoms with Crippen molar-refractivity contribution >= 4 is 22.4 Å². The summed E-state index contributed by atoms with van der Waals surface area (Å²) in [6.45, 7) is 10.9. The highest BCUT2D eigenvalue weighted by Gasteiger charge is 2.66. The number of aliphatic hydroxyl groups excluding tert-OH is 2. The van der Waals surface area contributed by atoms with Gasteiger partial charge in [0.25, 0.3) is 0 Å². The van der Waals surface area contributed by atoms with E-state index in [2.05, 4.69) is 84.3 Å². The Morgan fingerprint density at radius 3 is 2.28 bits per heavy atom. The van der Waals surface area contributed by atoms with Crippen LogP contribution in [-0.2, 0) is 20.9 Å². The summed E-state index contributed by atoms with van der Waals surface area (Å²) in [4.78, 5) is 23.6. The number of aliphatic hydroxyl groups is 2. The molecule has 2 N–H and O–H groups in total. The first-order valence-electron chi connectivity index (χ1n) is 24.5. The molecule has 1 aliphatic heterocycles. The summed E-state index contributed by atoms with van der Waals surface area (Å²) in [5.41, 5.74) is 5.54. The molecule has 0 unspecified atom stereocenters. The van der Waals surface area contributed by atoms with Crippen molar-refractivity contribution in [2.75, 3.05) is 19.8 Å². The first-order valence-corrected chi connectivity index (χ1v) is 24.5. The fourth-order valence-electron chi connectivity index (χ4n) is 10.9. The number of carbonyl (C=O) groups is 1. The average Bonchev–Trinajstić information content (AvgIpc) is 4.20. The van der Waals surface area contributed by atoms with E-state index in [0.29, 0.717) is 37.3 Å². The molecular formula is C58H66N2O7. The number of rotatable bonds is 19. The molecule has 9 nitrogen and oxygen atoms in total. The summed E-state index contributed by atoms with van der Waals surface area (Å²) in [6.07, 6.45) is 11.0. The molecule has 5 aromatic carbocycles. The Hall–Kier alpha value is -5.74. The van der Waals surface area contributed by atoms with Gasteiger partial charge in [0.1, 0.15) is 28.9 Å². The van der Waals surface area contributed by atoms with Crippen molar-refractivity contribution in [2.24, 2.45) is 28.8 Å². The molecule has 1 amide bonds. The predicted octanol–water partition coefficient (Wildman–Crippen LogP) is 12.2. The van der Waals surface area contributed by atoms with E-state index < -0.39 is 23.3 Å². The van der Waals surface area contributed by atoms with Crippen LogP contribution in [0.2, 0.25) is 0 Å². The molecule has 1 heterocycles. The molecular weight excluding hydrogens is 837 g/mol. The third-order valence-electron chi connectivity index (χ3n) is 14.1. The number of benzene rings is 5. The Labute approximate surface area is 396 Å². The third kappa shape index (κ3) is 9.97. The van der Waals surface area contributed by atoms with Crippen molar-refractivity contribution in [1.82, 2.24) is 4.90 Å². The van der Waals surface area contributed by atoms with E-state index in [1.54, 1.807) is 6.08 Å². The van der Waals surface area contributed by atoms with Crippen LogP contribution in [0.3, 0.4) is 0 Å². The van der Waals surface area contributed by atoms with Crippen molar-refractivity contribution in [2.45, 2.75) is 108 Å². The minimum Gasteiger partial charge on any atom is -0.459 e. The molecule has 6 atom stereocenters. The number of unbranched alkanes of at least 4 members (excludes halogenated alkanes) is 2. The van der Waals surface area contributed by atoms with E-state index in [-0.39, 0.29) is 49.4 Å². The van der Waals surface area contributed by atoms with E-state index in [0.717, 1.165) is 88.6 Å². The highest BCUT2D eigenvalue weighted by atomic mass is 16.7. The quantitative estimate of drug-likeness (QED) is 0.0482. The van der Waals surface area contributed by atoms with Gasteiger partial charge in [0.15, 0.2) is 0 Å². The lowest BCUT2D eigenvalue weighted by atomic mass is 9.55. The molecule has 2 saturated carbocycles. The SMILES string of the molecule is C=CCO[C@@]12Oc3ccc(Oc4ccc(-c5ccccc5)cc4)cc3[C@H]3[C@H](CCCCO)[C@@H](CCCCO)C=C(C(=NOC(C)(C)C)C[C@@H]1N(Cc1cccc4ccccc14)C(=O)C1CC1)[C@H]32. The van der Waals surface area contributed by atoms with Crippen molar-refractivity contribution in [1.29, 1.82) is 0 Å². The standard InChI is InChI=1S/C58H66N2O7/c1-5-34-64-58-53(60(56(63)42-24-25-42)38-44-21-15-20-41-18-9-10-22-47(41)44)37-51(59-67-57(2,3)4)49-35-43(19-11-13-32-61)48(23-12-14-33-62)54(55(49)58)50-36-46(30-31-52(50)66-58)65-45-28-26-40(27-29-45)39-16-7-6-8-17-39/h5-10,15-18,20-22,26-31,35-36,42-43,48,53-55,61-62H,1,11-14,19,23-25,32-34,37-38H2,2-4H3/t43-,48+,53-,54+,55+,58+/m0/s1. The fraction of sp³-hybridized carbons (Fsp3) is 0.414. The minimum atomic E-state index is -1.35. The molecule has 0 radical (unpaired) electrons. The average molecular weight is 903 g/mol. The van der Waals surface area contributed by atoms with Crippen LogP contribution in [0.1, 0.15) is 95.6 Å². The molecule has 9 rings (SSSR count). The molecule has 5 aromatic rings. The first-order chi connectivity index (χ1) is 32.6. The van der Waals surface area contributed by atoms with Crippen LogP contribution >= 0.6 is 0 Å². The molecule has 2 fully saturated rings. The van der Waals surface area contributed by atoms with Crippen LogP contribution in [-0.4, -0.2) is 64.0 Å². The van der Waals surface area contributed by atoms with Gasteiger partial charge in [0.05, 0.1) is 18.2 Å². The Balaban J connectivity index is 1.23. The van der Waals surface area contributed by atoms with Crippen LogP contribution in [0.4, 0.5) is 0 Å². The van der Waals surface area contributed by atoms with Gasteiger partial charge in [-0.1, -0.05) is 115 Å². The number of hydrogen-bond acceptors (Lipinski definition) is 8. The lowest BCUT2D eigenvalue weighted by Crippen LogP contribution is -2.70. The van der Waals surface area contributed by atoms with Crippen molar-refractivity contribution in [3.05, 3.63) is 151 Å². The van der Waals surface area contributed by atoms with Crippen LogP contribution in [0, 0.1) is 23.7 Å². The smallest absolute Gasteiger partial charge is 0.239 e. The van der Waals surface area contributed by atoms with Gasteiger partial charge in [-0.2, -0.15) is 0 Å².